The average Bonchev–Trinajstić information content (AvgIpc) is 2.71. The average molecular weight is 413 g/mol. The summed E-state index contributed by atoms with van der Waals surface area (Å²) in [5.41, 5.74) is 3.70. The molecule has 0 spiro atoms. The van der Waals surface area contributed by atoms with Crippen molar-refractivity contribution < 1.29 is 5.11 Å². The van der Waals surface area contributed by atoms with E-state index in [2.05, 4.69) is 47.6 Å². The third-order valence-electron chi connectivity index (χ3n) is 12.8. The molecular formula is C29H48O. The van der Waals surface area contributed by atoms with Gasteiger partial charge in [-0.1, -0.05) is 59.6 Å². The normalized spacial score (nSPS) is 58.0. The van der Waals surface area contributed by atoms with E-state index in [1.54, 1.807) is 0 Å². The number of fused-ring (bicyclic) bond motifs is 7. The predicted octanol–water partition coefficient (Wildman–Crippen LogP) is 7.78. The van der Waals surface area contributed by atoms with E-state index in [1.807, 2.05) is 5.57 Å². The summed E-state index contributed by atoms with van der Waals surface area (Å²) < 4.78 is 0. The molecule has 1 heteroatoms. The van der Waals surface area contributed by atoms with Gasteiger partial charge in [-0.15, -0.1) is 0 Å². The first kappa shape index (κ1) is 21.5. The highest BCUT2D eigenvalue weighted by molar-refractivity contribution is 5.33. The van der Waals surface area contributed by atoms with E-state index in [0.717, 1.165) is 24.2 Å². The fourth-order valence-electron chi connectivity index (χ4n) is 10.3. The van der Waals surface area contributed by atoms with Crippen LogP contribution in [-0.4, -0.2) is 11.2 Å². The Kier molecular flexibility index (Phi) is 4.92. The van der Waals surface area contributed by atoms with Crippen molar-refractivity contribution in [3.63, 3.8) is 0 Å². The van der Waals surface area contributed by atoms with Crippen LogP contribution in [0.5, 0.6) is 0 Å². The Morgan fingerprint density at radius 3 is 2.47 bits per heavy atom. The van der Waals surface area contributed by atoms with E-state index in [4.69, 9.17) is 0 Å². The van der Waals surface area contributed by atoms with Crippen molar-refractivity contribution in [2.24, 2.45) is 51.2 Å². The van der Waals surface area contributed by atoms with Crippen LogP contribution in [0, 0.1) is 51.2 Å². The van der Waals surface area contributed by atoms with Crippen molar-refractivity contribution in [1.82, 2.24) is 0 Å². The molecule has 0 aromatic heterocycles. The summed E-state index contributed by atoms with van der Waals surface area (Å²) in [5, 5.41) is 10.6. The lowest BCUT2D eigenvalue weighted by Crippen LogP contribution is -2.62. The Morgan fingerprint density at radius 2 is 1.73 bits per heavy atom. The molecule has 30 heavy (non-hydrogen) atoms. The maximum Gasteiger partial charge on any atom is 0.0568 e. The first-order valence-corrected chi connectivity index (χ1v) is 13.5. The van der Waals surface area contributed by atoms with Gasteiger partial charge in [0.1, 0.15) is 0 Å². The predicted molar refractivity (Wildman–Crippen MR) is 126 cm³/mol. The molecule has 5 rings (SSSR count). The number of allylic oxidation sites excluding steroid dienone is 2. The second-order valence-corrected chi connectivity index (χ2v) is 13.6. The molecule has 4 saturated carbocycles. The van der Waals surface area contributed by atoms with Gasteiger partial charge in [-0.05, 0) is 115 Å². The van der Waals surface area contributed by atoms with Gasteiger partial charge >= 0.3 is 0 Å². The second-order valence-electron chi connectivity index (χ2n) is 13.6. The number of hydrogen-bond acceptors (Lipinski definition) is 1. The zero-order valence-electron chi connectivity index (χ0n) is 20.8. The van der Waals surface area contributed by atoms with E-state index >= 15 is 0 Å². The molecule has 10 atom stereocenters. The standard InChI is InChI=1S/C29H48O/c1-7-20-10-13-26(3)16-17-28(5)22(23(26)18-20)8-9-25-27(4)14-12-24(30)19(2)21(27)11-15-29(25,28)6/h8,19-21,23-25,30H,7,9-18H2,1-6H3. The van der Waals surface area contributed by atoms with Crippen LogP contribution in [0.1, 0.15) is 112 Å². The van der Waals surface area contributed by atoms with Gasteiger partial charge in [-0.3, -0.25) is 0 Å². The molecule has 4 fully saturated rings. The monoisotopic (exact) mass is 412 g/mol. The van der Waals surface area contributed by atoms with Gasteiger partial charge in [0.05, 0.1) is 6.10 Å². The highest BCUT2D eigenvalue weighted by Crippen LogP contribution is 2.74. The molecule has 0 aromatic carbocycles. The third kappa shape index (κ3) is 2.63. The van der Waals surface area contributed by atoms with E-state index in [9.17, 15) is 5.11 Å². The molecule has 1 N–H and O–H groups in total. The van der Waals surface area contributed by atoms with E-state index < -0.39 is 0 Å². The number of rotatable bonds is 1. The van der Waals surface area contributed by atoms with E-state index in [0.29, 0.717) is 33.5 Å². The highest BCUT2D eigenvalue weighted by Gasteiger charge is 2.66. The van der Waals surface area contributed by atoms with Crippen LogP contribution in [0.15, 0.2) is 11.6 Å². The summed E-state index contributed by atoms with van der Waals surface area (Å²) in [4.78, 5) is 0. The molecule has 0 saturated heterocycles. The minimum Gasteiger partial charge on any atom is -0.393 e. The van der Waals surface area contributed by atoms with Crippen molar-refractivity contribution in [2.75, 3.05) is 0 Å². The molecule has 170 valence electrons. The van der Waals surface area contributed by atoms with E-state index in [-0.39, 0.29) is 6.10 Å². The van der Waals surface area contributed by atoms with Crippen molar-refractivity contribution in [3.8, 4) is 0 Å². The molecule has 0 radical (unpaired) electrons. The summed E-state index contributed by atoms with van der Waals surface area (Å²) in [6.45, 7) is 15.4. The summed E-state index contributed by atoms with van der Waals surface area (Å²) in [5.74, 6) is 3.77. The minimum absolute atomic E-state index is 0.0682. The molecule has 5 aliphatic rings. The first-order chi connectivity index (χ1) is 14.1. The lowest BCUT2D eigenvalue weighted by Gasteiger charge is -2.70. The van der Waals surface area contributed by atoms with Crippen molar-refractivity contribution in [1.29, 1.82) is 0 Å². The Labute approximate surface area is 186 Å². The fourth-order valence-corrected chi connectivity index (χ4v) is 10.3. The third-order valence-corrected chi connectivity index (χ3v) is 12.8. The minimum atomic E-state index is -0.0682. The molecule has 0 amide bonds. The molecule has 0 aliphatic heterocycles. The Hall–Kier alpha value is -0.300. The summed E-state index contributed by atoms with van der Waals surface area (Å²) in [7, 11) is 0. The second kappa shape index (κ2) is 6.85. The zero-order valence-corrected chi connectivity index (χ0v) is 20.8. The lowest BCUT2D eigenvalue weighted by atomic mass is 9.35. The van der Waals surface area contributed by atoms with Gasteiger partial charge in [0.15, 0.2) is 0 Å². The van der Waals surface area contributed by atoms with Crippen LogP contribution in [0.4, 0.5) is 0 Å². The fraction of sp³-hybridized carbons (Fsp3) is 0.931. The SMILES string of the molecule is CCC1CCC2(C)CCC3(C)C(=CCC4C5(C)CCC(O)C(C)C5CCC43C)C2C1. The smallest absolute Gasteiger partial charge is 0.0568 e. The van der Waals surface area contributed by atoms with Crippen molar-refractivity contribution in [3.05, 3.63) is 11.6 Å². The largest absolute Gasteiger partial charge is 0.393 e. The van der Waals surface area contributed by atoms with Crippen LogP contribution in [-0.2, 0) is 0 Å². The molecule has 0 bridgehead atoms. The summed E-state index contributed by atoms with van der Waals surface area (Å²) in [6.07, 6.45) is 17.6. The molecule has 1 nitrogen and oxygen atoms in total. The lowest BCUT2D eigenvalue weighted by molar-refractivity contribution is -0.178. The van der Waals surface area contributed by atoms with Crippen molar-refractivity contribution in [2.45, 2.75) is 118 Å². The highest BCUT2D eigenvalue weighted by atomic mass is 16.3. The molecule has 0 heterocycles. The summed E-state index contributed by atoms with van der Waals surface area (Å²) in [6, 6.07) is 0. The van der Waals surface area contributed by atoms with Gasteiger partial charge in [0, 0.05) is 0 Å². The van der Waals surface area contributed by atoms with Gasteiger partial charge in [0.25, 0.3) is 0 Å². The summed E-state index contributed by atoms with van der Waals surface area (Å²) >= 11 is 0. The Morgan fingerprint density at radius 1 is 0.967 bits per heavy atom. The zero-order chi connectivity index (χ0) is 21.5. The number of aliphatic hydroxyl groups is 1. The Bertz CT molecular complexity index is 724. The van der Waals surface area contributed by atoms with Gasteiger partial charge in [0.2, 0.25) is 0 Å². The van der Waals surface area contributed by atoms with Crippen LogP contribution >= 0.6 is 0 Å². The van der Waals surface area contributed by atoms with Gasteiger partial charge in [-0.25, -0.2) is 0 Å². The topological polar surface area (TPSA) is 20.2 Å². The molecule has 5 aliphatic carbocycles. The maximum atomic E-state index is 10.6. The van der Waals surface area contributed by atoms with Crippen molar-refractivity contribution >= 4 is 0 Å². The maximum absolute atomic E-state index is 10.6. The quantitative estimate of drug-likeness (QED) is 0.436. The molecule has 0 aromatic rings. The van der Waals surface area contributed by atoms with Crippen LogP contribution in [0.25, 0.3) is 0 Å². The number of hydrogen-bond donors (Lipinski definition) is 1. The first-order valence-electron chi connectivity index (χ1n) is 13.5. The van der Waals surface area contributed by atoms with Crippen LogP contribution in [0.3, 0.4) is 0 Å². The Balaban J connectivity index is 1.54. The molecule has 10 unspecified atom stereocenters. The number of aliphatic hydroxyl groups excluding tert-OH is 1. The van der Waals surface area contributed by atoms with Gasteiger partial charge in [-0.2, -0.15) is 0 Å². The van der Waals surface area contributed by atoms with Crippen LogP contribution < -0.4 is 0 Å². The van der Waals surface area contributed by atoms with Gasteiger partial charge < -0.3 is 5.11 Å². The molecular weight excluding hydrogens is 364 g/mol. The van der Waals surface area contributed by atoms with E-state index in [1.165, 1.54) is 64.2 Å². The van der Waals surface area contributed by atoms with Crippen LogP contribution in [0.2, 0.25) is 0 Å².